The van der Waals surface area contributed by atoms with Crippen LogP contribution in [0.5, 0.6) is 0 Å². The molecule has 0 aromatic heterocycles. The highest BCUT2D eigenvalue weighted by Crippen LogP contribution is 2.32. The number of benzene rings is 2. The van der Waals surface area contributed by atoms with Crippen LogP contribution >= 0.6 is 0 Å². The predicted octanol–water partition coefficient (Wildman–Crippen LogP) is 4.38. The van der Waals surface area contributed by atoms with Gasteiger partial charge in [0.05, 0.1) is 17.5 Å². The summed E-state index contributed by atoms with van der Waals surface area (Å²) in [5.41, 5.74) is -0.379. The second-order valence-corrected chi connectivity index (χ2v) is 11.5. The molecule has 38 heavy (non-hydrogen) atoms. The Kier molecular flexibility index (Phi) is 9.81. The Labute approximate surface area is 222 Å². The maximum atomic E-state index is 13.6. The van der Waals surface area contributed by atoms with Gasteiger partial charge in [-0.15, -0.1) is 0 Å². The maximum absolute atomic E-state index is 13.6. The van der Waals surface area contributed by atoms with Crippen LogP contribution in [0.25, 0.3) is 0 Å². The lowest BCUT2D eigenvalue weighted by Crippen LogP contribution is -2.54. The van der Waals surface area contributed by atoms with Gasteiger partial charge in [0, 0.05) is 12.6 Å². The Hall–Kier alpha value is -3.08. The van der Waals surface area contributed by atoms with E-state index in [9.17, 15) is 31.2 Å². The van der Waals surface area contributed by atoms with E-state index in [4.69, 9.17) is 0 Å². The number of amides is 2. The van der Waals surface area contributed by atoms with Crippen LogP contribution in [0, 0.1) is 0 Å². The van der Waals surface area contributed by atoms with E-state index in [0.29, 0.717) is 23.2 Å². The van der Waals surface area contributed by atoms with Gasteiger partial charge in [-0.05, 0) is 49.4 Å². The summed E-state index contributed by atoms with van der Waals surface area (Å²) in [4.78, 5) is 28.2. The fraction of sp³-hybridized carbons (Fsp3) is 0.481. The summed E-state index contributed by atoms with van der Waals surface area (Å²) in [5, 5.41) is 3.01. The Balaban J connectivity index is 1.90. The molecule has 208 valence electrons. The number of hydrogen-bond acceptors (Lipinski definition) is 4. The van der Waals surface area contributed by atoms with Gasteiger partial charge in [0.15, 0.2) is 0 Å². The minimum Gasteiger partial charge on any atom is -0.352 e. The number of rotatable bonds is 11. The van der Waals surface area contributed by atoms with Crippen LogP contribution in [0.3, 0.4) is 0 Å². The molecule has 2 aromatic rings. The minimum atomic E-state index is -4.68. The fourth-order valence-corrected chi connectivity index (χ4v) is 5.56. The topological polar surface area (TPSA) is 86.8 Å². The SMILES string of the molecule is CC[C@H](C(=O)NC1CCCC1)N(CCc1ccccc1)C(=O)CN(c1cccc(C(F)(F)F)c1)S(C)(=O)=O. The molecule has 0 unspecified atom stereocenters. The van der Waals surface area contributed by atoms with Gasteiger partial charge in [-0.2, -0.15) is 13.2 Å². The van der Waals surface area contributed by atoms with Crippen molar-refractivity contribution in [1.29, 1.82) is 0 Å². The van der Waals surface area contributed by atoms with Crippen LogP contribution < -0.4 is 9.62 Å². The smallest absolute Gasteiger partial charge is 0.352 e. The first-order valence-electron chi connectivity index (χ1n) is 12.7. The number of alkyl halides is 3. The van der Waals surface area contributed by atoms with Gasteiger partial charge in [0.2, 0.25) is 21.8 Å². The Morgan fingerprint density at radius 3 is 2.29 bits per heavy atom. The standard InChI is InChI=1S/C27H34F3N3O4S/c1-3-24(26(35)31-22-13-7-8-14-22)32(17-16-20-10-5-4-6-11-20)25(34)19-33(38(2,36)37)23-15-9-12-21(18-23)27(28,29)30/h4-6,9-12,15,18,22,24H,3,7-8,13-14,16-17,19H2,1-2H3,(H,31,35)/t24-/m1/s1. The molecule has 1 saturated carbocycles. The van der Waals surface area contributed by atoms with E-state index < -0.39 is 40.3 Å². The highest BCUT2D eigenvalue weighted by Gasteiger charge is 2.34. The van der Waals surface area contributed by atoms with Crippen molar-refractivity contribution in [3.8, 4) is 0 Å². The lowest BCUT2D eigenvalue weighted by molar-refractivity contribution is -0.139. The largest absolute Gasteiger partial charge is 0.416 e. The number of nitrogens with one attached hydrogen (secondary N) is 1. The van der Waals surface area contributed by atoms with E-state index in [0.717, 1.165) is 49.6 Å². The molecule has 2 aromatic carbocycles. The van der Waals surface area contributed by atoms with Crippen molar-refractivity contribution in [3.63, 3.8) is 0 Å². The summed E-state index contributed by atoms with van der Waals surface area (Å²) in [6, 6.07) is 12.3. The monoisotopic (exact) mass is 553 g/mol. The summed E-state index contributed by atoms with van der Waals surface area (Å²) in [7, 11) is -4.13. The van der Waals surface area contributed by atoms with E-state index in [1.807, 2.05) is 30.3 Å². The molecule has 1 atom stereocenters. The van der Waals surface area contributed by atoms with E-state index in [-0.39, 0.29) is 24.2 Å². The third kappa shape index (κ3) is 7.96. The molecule has 0 bridgehead atoms. The molecular formula is C27H34F3N3O4S. The van der Waals surface area contributed by atoms with E-state index in [1.54, 1.807) is 6.92 Å². The molecule has 0 radical (unpaired) electrons. The lowest BCUT2D eigenvalue weighted by Gasteiger charge is -2.33. The summed E-state index contributed by atoms with van der Waals surface area (Å²) in [6.45, 7) is 1.17. The van der Waals surface area contributed by atoms with Crippen LogP contribution in [0.1, 0.15) is 50.2 Å². The number of carbonyl (C=O) groups excluding carboxylic acids is 2. The molecule has 7 nitrogen and oxygen atoms in total. The molecule has 0 aliphatic heterocycles. The van der Waals surface area contributed by atoms with Crippen molar-refractivity contribution in [1.82, 2.24) is 10.2 Å². The molecule has 0 spiro atoms. The number of nitrogens with zero attached hydrogens (tertiary/aromatic N) is 2. The van der Waals surface area contributed by atoms with Crippen molar-refractivity contribution >= 4 is 27.5 Å². The van der Waals surface area contributed by atoms with Crippen LogP contribution in [0.15, 0.2) is 54.6 Å². The predicted molar refractivity (Wildman–Crippen MR) is 140 cm³/mol. The molecular weight excluding hydrogens is 519 g/mol. The Morgan fingerprint density at radius 1 is 1.05 bits per heavy atom. The number of sulfonamides is 1. The maximum Gasteiger partial charge on any atom is 0.416 e. The normalized spacial score (nSPS) is 15.2. The zero-order chi connectivity index (χ0) is 27.9. The first-order valence-corrected chi connectivity index (χ1v) is 14.5. The fourth-order valence-electron chi connectivity index (χ4n) is 4.71. The van der Waals surface area contributed by atoms with Gasteiger partial charge in [-0.1, -0.05) is 56.2 Å². The van der Waals surface area contributed by atoms with Gasteiger partial charge in [0.25, 0.3) is 0 Å². The molecule has 0 heterocycles. The summed E-state index contributed by atoms with van der Waals surface area (Å²) in [5.74, 6) is -0.983. The molecule has 11 heteroatoms. The zero-order valence-corrected chi connectivity index (χ0v) is 22.4. The lowest BCUT2D eigenvalue weighted by atomic mass is 10.1. The van der Waals surface area contributed by atoms with Crippen LogP contribution in [-0.4, -0.2) is 56.6 Å². The average Bonchev–Trinajstić information content (AvgIpc) is 3.37. The summed E-state index contributed by atoms with van der Waals surface area (Å²) in [6.07, 6.45) is 0.603. The van der Waals surface area contributed by atoms with E-state index >= 15 is 0 Å². The van der Waals surface area contributed by atoms with E-state index in [2.05, 4.69) is 5.32 Å². The first kappa shape index (κ1) is 29.5. The highest BCUT2D eigenvalue weighted by molar-refractivity contribution is 7.92. The molecule has 1 N–H and O–H groups in total. The summed E-state index contributed by atoms with van der Waals surface area (Å²) < 4.78 is 65.8. The number of carbonyl (C=O) groups is 2. The van der Waals surface area contributed by atoms with Gasteiger partial charge in [-0.3, -0.25) is 13.9 Å². The second kappa shape index (κ2) is 12.6. The van der Waals surface area contributed by atoms with E-state index in [1.165, 1.54) is 11.0 Å². The van der Waals surface area contributed by atoms with Crippen molar-refractivity contribution in [2.75, 3.05) is 23.7 Å². The molecule has 0 saturated heterocycles. The third-order valence-corrected chi connectivity index (χ3v) is 7.85. The molecule has 1 aliphatic carbocycles. The molecule has 3 rings (SSSR count). The minimum absolute atomic E-state index is 0.0280. The van der Waals surface area contributed by atoms with Crippen LogP contribution in [0.2, 0.25) is 0 Å². The zero-order valence-electron chi connectivity index (χ0n) is 21.6. The number of anilines is 1. The van der Waals surface area contributed by atoms with Gasteiger partial charge >= 0.3 is 6.18 Å². The van der Waals surface area contributed by atoms with Crippen molar-refractivity contribution in [2.45, 2.75) is 63.7 Å². The second-order valence-electron chi connectivity index (χ2n) is 9.55. The first-order chi connectivity index (χ1) is 17.9. The Morgan fingerprint density at radius 2 is 1.71 bits per heavy atom. The average molecular weight is 554 g/mol. The number of halogens is 3. The summed E-state index contributed by atoms with van der Waals surface area (Å²) >= 11 is 0. The van der Waals surface area contributed by atoms with Crippen LogP contribution in [-0.2, 0) is 32.2 Å². The molecule has 2 amide bonds. The van der Waals surface area contributed by atoms with Gasteiger partial charge in [-0.25, -0.2) is 8.42 Å². The highest BCUT2D eigenvalue weighted by atomic mass is 32.2. The molecule has 1 fully saturated rings. The quantitative estimate of drug-likeness (QED) is 0.448. The van der Waals surface area contributed by atoms with Crippen molar-refractivity contribution < 1.29 is 31.2 Å². The van der Waals surface area contributed by atoms with Crippen molar-refractivity contribution in [3.05, 3.63) is 65.7 Å². The third-order valence-electron chi connectivity index (χ3n) is 6.71. The number of hydrogen-bond donors (Lipinski definition) is 1. The molecule has 1 aliphatic rings. The van der Waals surface area contributed by atoms with Gasteiger partial charge < -0.3 is 10.2 Å². The van der Waals surface area contributed by atoms with Crippen LogP contribution in [0.4, 0.5) is 18.9 Å². The Bertz CT molecular complexity index is 1200. The van der Waals surface area contributed by atoms with Crippen molar-refractivity contribution in [2.24, 2.45) is 0 Å². The van der Waals surface area contributed by atoms with Gasteiger partial charge in [0.1, 0.15) is 12.6 Å².